The van der Waals surface area contributed by atoms with Crippen LogP contribution < -0.4 is 0 Å². The van der Waals surface area contributed by atoms with E-state index in [9.17, 15) is 0 Å². The van der Waals surface area contributed by atoms with Gasteiger partial charge < -0.3 is 9.47 Å². The average molecular weight is 184 g/mol. The molecule has 0 heterocycles. The topological polar surface area (TPSA) is 18.5 Å². The molecule has 0 aromatic rings. The molecule has 0 amide bonds. The summed E-state index contributed by atoms with van der Waals surface area (Å²) in [6.45, 7) is 3.98. The first-order valence-electron chi connectivity index (χ1n) is 4.57. The Kier molecular flexibility index (Phi) is 6.55. The van der Waals surface area contributed by atoms with Gasteiger partial charge in [-0.25, -0.2) is 0 Å². The molecular formula is C11H20O2. The third-order valence-electron chi connectivity index (χ3n) is 2.07. The van der Waals surface area contributed by atoms with Gasteiger partial charge in [0.05, 0.1) is 0 Å². The van der Waals surface area contributed by atoms with Gasteiger partial charge in [-0.05, 0) is 13.8 Å². The van der Waals surface area contributed by atoms with Crippen LogP contribution >= 0.6 is 0 Å². The molecule has 0 aromatic heterocycles. The largest absolute Gasteiger partial charge is 0.353 e. The van der Waals surface area contributed by atoms with Crippen LogP contribution in [0, 0.1) is 0 Å². The SMILES string of the molecule is C/C=C/CC(C/C=C/C)(OC)OC. The summed E-state index contributed by atoms with van der Waals surface area (Å²) in [5, 5.41) is 0. The van der Waals surface area contributed by atoms with Crippen molar-refractivity contribution in [3.63, 3.8) is 0 Å². The van der Waals surface area contributed by atoms with E-state index in [0.29, 0.717) is 0 Å². The summed E-state index contributed by atoms with van der Waals surface area (Å²) in [6.07, 6.45) is 9.67. The van der Waals surface area contributed by atoms with Crippen LogP contribution in [0.15, 0.2) is 24.3 Å². The van der Waals surface area contributed by atoms with E-state index in [2.05, 4.69) is 12.2 Å². The van der Waals surface area contributed by atoms with Crippen molar-refractivity contribution >= 4 is 0 Å². The predicted octanol–water partition coefficient (Wildman–Crippen LogP) is 2.91. The fraction of sp³-hybridized carbons (Fsp3) is 0.636. The first kappa shape index (κ1) is 12.4. The molecule has 0 atom stereocenters. The molecule has 2 heteroatoms. The van der Waals surface area contributed by atoms with E-state index in [1.54, 1.807) is 14.2 Å². The smallest absolute Gasteiger partial charge is 0.174 e. The van der Waals surface area contributed by atoms with E-state index in [4.69, 9.17) is 9.47 Å². The quantitative estimate of drug-likeness (QED) is 0.467. The normalized spacial score (nSPS) is 13.2. The van der Waals surface area contributed by atoms with Crippen LogP contribution in [0.1, 0.15) is 26.7 Å². The van der Waals surface area contributed by atoms with Crippen molar-refractivity contribution in [1.82, 2.24) is 0 Å². The maximum atomic E-state index is 5.37. The molecule has 0 aliphatic heterocycles. The van der Waals surface area contributed by atoms with E-state index >= 15 is 0 Å². The lowest BCUT2D eigenvalue weighted by atomic mass is 10.1. The molecule has 0 aliphatic rings. The van der Waals surface area contributed by atoms with Crippen LogP contribution in [0.2, 0.25) is 0 Å². The Balaban J connectivity index is 4.29. The van der Waals surface area contributed by atoms with Gasteiger partial charge in [-0.2, -0.15) is 0 Å². The highest BCUT2D eigenvalue weighted by molar-refractivity contribution is 4.91. The minimum Gasteiger partial charge on any atom is -0.353 e. The number of allylic oxidation sites excluding steroid dienone is 2. The van der Waals surface area contributed by atoms with Gasteiger partial charge >= 0.3 is 0 Å². The van der Waals surface area contributed by atoms with Gasteiger partial charge in [0.25, 0.3) is 0 Å². The Morgan fingerprint density at radius 1 is 0.923 bits per heavy atom. The lowest BCUT2D eigenvalue weighted by Crippen LogP contribution is -2.32. The fourth-order valence-corrected chi connectivity index (χ4v) is 1.09. The Bertz CT molecular complexity index is 151. The highest BCUT2D eigenvalue weighted by atomic mass is 16.7. The molecular weight excluding hydrogens is 164 g/mol. The lowest BCUT2D eigenvalue weighted by Gasteiger charge is -2.28. The van der Waals surface area contributed by atoms with Crippen LogP contribution in [0.5, 0.6) is 0 Å². The molecule has 0 unspecified atom stereocenters. The highest BCUT2D eigenvalue weighted by Crippen LogP contribution is 2.22. The van der Waals surface area contributed by atoms with Crippen molar-refractivity contribution < 1.29 is 9.47 Å². The zero-order valence-electron chi connectivity index (χ0n) is 9.04. The van der Waals surface area contributed by atoms with Crippen LogP contribution in [0.3, 0.4) is 0 Å². The van der Waals surface area contributed by atoms with Gasteiger partial charge in [0.1, 0.15) is 0 Å². The molecule has 0 fully saturated rings. The summed E-state index contributed by atoms with van der Waals surface area (Å²) in [5.74, 6) is -0.487. The van der Waals surface area contributed by atoms with Crippen LogP contribution in [0.4, 0.5) is 0 Å². The fourth-order valence-electron chi connectivity index (χ4n) is 1.09. The van der Waals surface area contributed by atoms with Crippen molar-refractivity contribution in [3.05, 3.63) is 24.3 Å². The first-order valence-corrected chi connectivity index (χ1v) is 4.57. The number of hydrogen-bond donors (Lipinski definition) is 0. The summed E-state index contributed by atoms with van der Waals surface area (Å²) in [6, 6.07) is 0. The summed E-state index contributed by atoms with van der Waals surface area (Å²) in [5.41, 5.74) is 0. The molecule has 2 nitrogen and oxygen atoms in total. The minimum absolute atomic E-state index is 0.487. The molecule has 0 radical (unpaired) electrons. The second kappa shape index (κ2) is 6.87. The summed E-state index contributed by atoms with van der Waals surface area (Å²) in [4.78, 5) is 0. The maximum Gasteiger partial charge on any atom is 0.174 e. The molecule has 0 rings (SSSR count). The van der Waals surface area contributed by atoms with E-state index in [-0.39, 0.29) is 0 Å². The molecule has 76 valence electrons. The summed E-state index contributed by atoms with van der Waals surface area (Å²) >= 11 is 0. The molecule has 13 heavy (non-hydrogen) atoms. The van der Waals surface area contributed by atoms with Crippen molar-refractivity contribution in [2.75, 3.05) is 14.2 Å². The number of hydrogen-bond acceptors (Lipinski definition) is 2. The first-order chi connectivity index (χ1) is 6.24. The predicted molar refractivity (Wildman–Crippen MR) is 55.6 cm³/mol. The van der Waals surface area contributed by atoms with Gasteiger partial charge in [0.15, 0.2) is 5.79 Å². The Hall–Kier alpha value is -0.600. The summed E-state index contributed by atoms with van der Waals surface area (Å²) in [7, 11) is 3.35. The monoisotopic (exact) mass is 184 g/mol. The van der Waals surface area contributed by atoms with Gasteiger partial charge in [0, 0.05) is 27.1 Å². The standard InChI is InChI=1S/C11H20O2/c1-5-7-9-11(12-3,13-4)10-8-6-2/h5-8H,9-10H2,1-4H3/b7-5+,8-6+. The summed E-state index contributed by atoms with van der Waals surface area (Å²) < 4.78 is 10.7. The molecule has 0 bridgehead atoms. The zero-order valence-corrected chi connectivity index (χ0v) is 9.04. The number of rotatable bonds is 6. The van der Waals surface area contributed by atoms with E-state index in [0.717, 1.165) is 12.8 Å². The van der Waals surface area contributed by atoms with Crippen molar-refractivity contribution in [3.8, 4) is 0 Å². The number of methoxy groups -OCH3 is 2. The van der Waals surface area contributed by atoms with Gasteiger partial charge in [0.2, 0.25) is 0 Å². The maximum absolute atomic E-state index is 5.37. The molecule has 0 N–H and O–H groups in total. The Morgan fingerprint density at radius 2 is 1.31 bits per heavy atom. The molecule has 0 saturated heterocycles. The zero-order chi connectivity index (χ0) is 10.2. The van der Waals surface area contributed by atoms with Gasteiger partial charge in [-0.15, -0.1) is 0 Å². The van der Waals surface area contributed by atoms with Crippen molar-refractivity contribution in [1.29, 1.82) is 0 Å². The molecule has 0 aromatic carbocycles. The third kappa shape index (κ3) is 4.25. The van der Waals surface area contributed by atoms with Gasteiger partial charge in [-0.1, -0.05) is 24.3 Å². The minimum atomic E-state index is -0.487. The van der Waals surface area contributed by atoms with Crippen molar-refractivity contribution in [2.45, 2.75) is 32.5 Å². The number of ether oxygens (including phenoxy) is 2. The average Bonchev–Trinajstić information content (AvgIpc) is 2.20. The molecule has 0 saturated carbocycles. The van der Waals surface area contributed by atoms with E-state index < -0.39 is 5.79 Å². The van der Waals surface area contributed by atoms with Crippen LogP contribution in [-0.2, 0) is 9.47 Å². The lowest BCUT2D eigenvalue weighted by molar-refractivity contribution is -0.201. The second-order valence-corrected chi connectivity index (χ2v) is 2.87. The van der Waals surface area contributed by atoms with Crippen LogP contribution in [-0.4, -0.2) is 20.0 Å². The Labute approximate surface area is 81.2 Å². The van der Waals surface area contributed by atoms with Gasteiger partial charge in [-0.3, -0.25) is 0 Å². The van der Waals surface area contributed by atoms with Crippen molar-refractivity contribution in [2.24, 2.45) is 0 Å². The highest BCUT2D eigenvalue weighted by Gasteiger charge is 2.25. The van der Waals surface area contributed by atoms with E-state index in [1.807, 2.05) is 26.0 Å². The Morgan fingerprint density at radius 3 is 1.54 bits per heavy atom. The van der Waals surface area contributed by atoms with E-state index in [1.165, 1.54) is 0 Å². The second-order valence-electron chi connectivity index (χ2n) is 2.87. The van der Waals surface area contributed by atoms with Crippen LogP contribution in [0.25, 0.3) is 0 Å². The molecule has 0 spiro atoms. The third-order valence-corrected chi connectivity index (χ3v) is 2.07. The molecule has 0 aliphatic carbocycles.